The summed E-state index contributed by atoms with van der Waals surface area (Å²) in [7, 11) is 0. The molecular weight excluding hydrogens is 330 g/mol. The number of aromatic nitrogens is 1. The Labute approximate surface area is 153 Å². The van der Waals surface area contributed by atoms with Crippen molar-refractivity contribution in [3.8, 4) is 0 Å². The first-order valence-electron chi connectivity index (χ1n) is 9.38. The molecule has 3 rings (SSSR count). The minimum atomic E-state index is -0.582. The van der Waals surface area contributed by atoms with Gasteiger partial charge >= 0.3 is 11.8 Å². The van der Waals surface area contributed by atoms with Gasteiger partial charge in [0.1, 0.15) is 0 Å². The van der Waals surface area contributed by atoms with Crippen LogP contribution in [0.5, 0.6) is 0 Å². The zero-order chi connectivity index (χ0) is 18.4. The molecule has 1 aliphatic carbocycles. The third-order valence-electron chi connectivity index (χ3n) is 5.10. The normalized spacial score (nSPS) is 21.1. The smallest absolute Gasteiger partial charge is 0.312 e. The van der Waals surface area contributed by atoms with E-state index in [9.17, 15) is 14.4 Å². The number of pyridine rings is 1. The van der Waals surface area contributed by atoms with Crippen molar-refractivity contribution in [3.05, 3.63) is 36.2 Å². The van der Waals surface area contributed by atoms with Crippen LogP contribution in [-0.4, -0.2) is 46.1 Å². The molecule has 1 aromatic heterocycles. The quantitative estimate of drug-likeness (QED) is 0.663. The van der Waals surface area contributed by atoms with Gasteiger partial charge in [0.2, 0.25) is 0 Å². The molecule has 2 heterocycles. The molecule has 26 heavy (non-hydrogen) atoms. The summed E-state index contributed by atoms with van der Waals surface area (Å²) in [5.74, 6) is -1.31. The highest BCUT2D eigenvalue weighted by Crippen LogP contribution is 2.20. The van der Waals surface area contributed by atoms with E-state index in [1.165, 1.54) is 17.4 Å². The van der Waals surface area contributed by atoms with Crippen LogP contribution in [0.15, 0.2) is 30.6 Å². The van der Waals surface area contributed by atoms with E-state index in [0.717, 1.165) is 37.7 Å². The Morgan fingerprint density at radius 1 is 1.12 bits per heavy atom. The molecule has 2 fully saturated rings. The van der Waals surface area contributed by atoms with Crippen LogP contribution >= 0.6 is 0 Å². The highest BCUT2D eigenvalue weighted by atomic mass is 16.2. The van der Waals surface area contributed by atoms with Crippen LogP contribution in [-0.2, 0) is 14.4 Å². The average Bonchev–Trinajstić information content (AvgIpc) is 3.17. The maximum atomic E-state index is 12.5. The fourth-order valence-electron chi connectivity index (χ4n) is 3.69. The largest absolute Gasteiger partial charge is 0.345 e. The molecule has 0 radical (unpaired) electrons. The number of rotatable bonds is 4. The van der Waals surface area contributed by atoms with Crippen LogP contribution in [0.2, 0.25) is 0 Å². The van der Waals surface area contributed by atoms with Crippen LogP contribution in [0, 0.1) is 0 Å². The Morgan fingerprint density at radius 2 is 1.92 bits per heavy atom. The third kappa shape index (κ3) is 4.56. The summed E-state index contributed by atoms with van der Waals surface area (Å²) in [4.78, 5) is 42.8. The lowest BCUT2D eigenvalue weighted by molar-refractivity contribution is -0.148. The average molecular weight is 355 g/mol. The lowest BCUT2D eigenvalue weighted by Crippen LogP contribution is -2.50. The number of ketones is 1. The zero-order valence-electron chi connectivity index (χ0n) is 14.9. The number of carbonyl (C=O) groups excluding carboxylic acids is 3. The molecule has 0 bridgehead atoms. The first-order chi connectivity index (χ1) is 12.6. The lowest BCUT2D eigenvalue weighted by atomic mass is 9.95. The van der Waals surface area contributed by atoms with Gasteiger partial charge in [-0.2, -0.15) is 0 Å². The van der Waals surface area contributed by atoms with Crippen LogP contribution in [0.4, 0.5) is 0 Å². The molecule has 0 aromatic carbocycles. The fourth-order valence-corrected chi connectivity index (χ4v) is 3.69. The molecule has 6 heteroatoms. The van der Waals surface area contributed by atoms with Gasteiger partial charge in [-0.1, -0.05) is 25.3 Å². The van der Waals surface area contributed by atoms with E-state index < -0.39 is 17.9 Å². The van der Waals surface area contributed by atoms with Crippen molar-refractivity contribution in [2.24, 2.45) is 0 Å². The molecular formula is C20H25N3O3. The summed E-state index contributed by atoms with van der Waals surface area (Å²) in [6.45, 7) is 0.452. The van der Waals surface area contributed by atoms with Crippen molar-refractivity contribution in [3.63, 3.8) is 0 Å². The number of nitrogens with one attached hydrogen (secondary N) is 1. The van der Waals surface area contributed by atoms with Gasteiger partial charge in [-0.3, -0.25) is 19.4 Å². The van der Waals surface area contributed by atoms with Crippen molar-refractivity contribution >= 4 is 23.7 Å². The van der Waals surface area contributed by atoms with Crippen LogP contribution < -0.4 is 5.32 Å². The van der Waals surface area contributed by atoms with E-state index in [2.05, 4.69) is 10.3 Å². The predicted octanol–water partition coefficient (Wildman–Crippen LogP) is 2.10. The Balaban J connectivity index is 1.59. The maximum absolute atomic E-state index is 12.5. The minimum absolute atomic E-state index is 0.0856. The van der Waals surface area contributed by atoms with Crippen molar-refractivity contribution in [2.45, 2.75) is 57.0 Å². The van der Waals surface area contributed by atoms with Crippen molar-refractivity contribution in [1.82, 2.24) is 15.2 Å². The Bertz CT molecular complexity index is 681. The van der Waals surface area contributed by atoms with Crippen molar-refractivity contribution in [1.29, 1.82) is 0 Å². The fraction of sp³-hybridized carbons (Fsp3) is 0.500. The second kappa shape index (κ2) is 8.74. The maximum Gasteiger partial charge on any atom is 0.312 e. The minimum Gasteiger partial charge on any atom is -0.345 e. The second-order valence-electron chi connectivity index (χ2n) is 6.99. The monoisotopic (exact) mass is 355 g/mol. The standard InChI is InChI=1S/C20H25N3O3/c24-18(11-10-15-6-4-12-21-14-15)17-9-5-13-23(17)20(26)19(25)22-16-7-2-1-3-8-16/h4,6,10-12,14,16-17H,1-3,5,7-9,13H2,(H,22,25)/b11-10+. The van der Waals surface area contributed by atoms with Gasteiger partial charge < -0.3 is 10.2 Å². The van der Waals surface area contributed by atoms with Gasteiger partial charge in [-0.15, -0.1) is 0 Å². The first kappa shape index (κ1) is 18.3. The van der Waals surface area contributed by atoms with E-state index in [1.807, 2.05) is 6.07 Å². The van der Waals surface area contributed by atoms with Crippen LogP contribution in [0.25, 0.3) is 6.08 Å². The molecule has 1 atom stereocenters. The molecule has 2 aliphatic rings. The van der Waals surface area contributed by atoms with Crippen LogP contribution in [0.3, 0.4) is 0 Å². The lowest BCUT2D eigenvalue weighted by Gasteiger charge is -2.26. The molecule has 1 unspecified atom stereocenters. The summed E-state index contributed by atoms with van der Waals surface area (Å²) in [5.41, 5.74) is 0.826. The van der Waals surface area contributed by atoms with E-state index in [-0.39, 0.29) is 11.8 Å². The molecule has 138 valence electrons. The first-order valence-corrected chi connectivity index (χ1v) is 9.38. The van der Waals surface area contributed by atoms with Gasteiger partial charge in [-0.25, -0.2) is 0 Å². The Hall–Kier alpha value is -2.50. The molecule has 1 aliphatic heterocycles. The summed E-state index contributed by atoms with van der Waals surface area (Å²) in [6, 6.07) is 3.19. The van der Waals surface area contributed by atoms with Gasteiger partial charge in [0.25, 0.3) is 0 Å². The summed E-state index contributed by atoms with van der Waals surface area (Å²) in [5, 5.41) is 2.85. The predicted molar refractivity (Wildman–Crippen MR) is 98.0 cm³/mol. The molecule has 1 aromatic rings. The number of likely N-dealkylation sites (tertiary alicyclic amines) is 1. The molecule has 1 saturated heterocycles. The van der Waals surface area contributed by atoms with E-state index >= 15 is 0 Å². The summed E-state index contributed by atoms with van der Waals surface area (Å²) < 4.78 is 0. The Morgan fingerprint density at radius 3 is 2.65 bits per heavy atom. The SMILES string of the molecule is O=C(NC1CCCCC1)C(=O)N1CCCC1C(=O)/C=C/c1cccnc1. The van der Waals surface area contributed by atoms with E-state index in [4.69, 9.17) is 0 Å². The van der Waals surface area contributed by atoms with E-state index in [0.29, 0.717) is 13.0 Å². The molecule has 1 saturated carbocycles. The number of nitrogens with zero attached hydrogens (tertiary/aromatic N) is 2. The van der Waals surface area contributed by atoms with Crippen molar-refractivity contribution in [2.75, 3.05) is 6.54 Å². The highest BCUT2D eigenvalue weighted by molar-refractivity contribution is 6.35. The van der Waals surface area contributed by atoms with Gasteiger partial charge in [0.05, 0.1) is 6.04 Å². The third-order valence-corrected chi connectivity index (χ3v) is 5.10. The van der Waals surface area contributed by atoms with Gasteiger partial charge in [0, 0.05) is 25.0 Å². The number of hydrogen-bond acceptors (Lipinski definition) is 4. The topological polar surface area (TPSA) is 79.4 Å². The molecule has 1 N–H and O–H groups in total. The highest BCUT2D eigenvalue weighted by Gasteiger charge is 2.36. The van der Waals surface area contributed by atoms with Gasteiger partial charge in [-0.05, 0) is 49.5 Å². The Kier molecular flexibility index (Phi) is 6.15. The van der Waals surface area contributed by atoms with E-state index in [1.54, 1.807) is 24.5 Å². The molecule has 2 amide bonds. The second-order valence-corrected chi connectivity index (χ2v) is 6.99. The molecule has 0 spiro atoms. The van der Waals surface area contributed by atoms with Gasteiger partial charge in [0.15, 0.2) is 5.78 Å². The summed E-state index contributed by atoms with van der Waals surface area (Å²) >= 11 is 0. The van der Waals surface area contributed by atoms with Crippen molar-refractivity contribution < 1.29 is 14.4 Å². The zero-order valence-corrected chi connectivity index (χ0v) is 14.9. The number of hydrogen-bond donors (Lipinski definition) is 1. The summed E-state index contributed by atoms with van der Waals surface area (Å²) in [6.07, 6.45) is 13.0. The molecule has 6 nitrogen and oxygen atoms in total. The number of amides is 2. The number of carbonyl (C=O) groups is 3. The van der Waals surface area contributed by atoms with Crippen LogP contribution in [0.1, 0.15) is 50.5 Å².